The molecule has 0 aromatic heterocycles. The SMILES string of the molecule is COc1ccc(Cl)cc1CN1C(=O)C(C)NC(=O)C1(C)C. The van der Waals surface area contributed by atoms with E-state index in [4.69, 9.17) is 16.3 Å². The lowest BCUT2D eigenvalue weighted by atomic mass is 9.95. The van der Waals surface area contributed by atoms with E-state index >= 15 is 0 Å². The number of hydrogen-bond donors (Lipinski definition) is 1. The maximum atomic E-state index is 12.4. The number of benzene rings is 1. The lowest BCUT2D eigenvalue weighted by Crippen LogP contribution is -2.67. The predicted molar refractivity (Wildman–Crippen MR) is 80.2 cm³/mol. The van der Waals surface area contributed by atoms with E-state index in [1.165, 1.54) is 0 Å². The molecular formula is C15H19ClN2O3. The van der Waals surface area contributed by atoms with Crippen molar-refractivity contribution in [1.29, 1.82) is 0 Å². The highest BCUT2D eigenvalue weighted by atomic mass is 35.5. The first kappa shape index (κ1) is 15.6. The Labute approximate surface area is 129 Å². The number of nitrogens with zero attached hydrogens (tertiary/aromatic N) is 1. The second kappa shape index (κ2) is 5.56. The van der Waals surface area contributed by atoms with Crippen molar-refractivity contribution in [2.24, 2.45) is 0 Å². The van der Waals surface area contributed by atoms with Crippen molar-refractivity contribution in [2.45, 2.75) is 38.9 Å². The molecule has 0 saturated carbocycles. The summed E-state index contributed by atoms with van der Waals surface area (Å²) in [6.07, 6.45) is 0. The van der Waals surface area contributed by atoms with Gasteiger partial charge in [0, 0.05) is 10.6 Å². The number of ether oxygens (including phenoxy) is 1. The van der Waals surface area contributed by atoms with Gasteiger partial charge in [-0.2, -0.15) is 0 Å². The third-order valence-corrected chi connectivity index (χ3v) is 4.02. The number of nitrogens with one attached hydrogen (secondary N) is 1. The molecule has 2 rings (SSSR count). The average molecular weight is 311 g/mol. The quantitative estimate of drug-likeness (QED) is 0.928. The fraction of sp³-hybridized carbons (Fsp3) is 0.467. The van der Waals surface area contributed by atoms with Gasteiger partial charge >= 0.3 is 0 Å². The summed E-state index contributed by atoms with van der Waals surface area (Å²) < 4.78 is 5.30. The van der Waals surface area contributed by atoms with Gasteiger partial charge in [-0.1, -0.05) is 11.6 Å². The van der Waals surface area contributed by atoms with Crippen LogP contribution in [-0.4, -0.2) is 35.4 Å². The van der Waals surface area contributed by atoms with Crippen LogP contribution in [0.1, 0.15) is 26.3 Å². The predicted octanol–water partition coefficient (Wildman–Crippen LogP) is 1.97. The van der Waals surface area contributed by atoms with Crippen LogP contribution in [-0.2, 0) is 16.1 Å². The molecule has 0 bridgehead atoms. The topological polar surface area (TPSA) is 58.6 Å². The molecule has 1 N–H and O–H groups in total. The van der Waals surface area contributed by atoms with E-state index in [1.54, 1.807) is 51.0 Å². The van der Waals surface area contributed by atoms with Crippen LogP contribution in [0.15, 0.2) is 18.2 Å². The summed E-state index contributed by atoms with van der Waals surface area (Å²) in [5.41, 5.74) is -0.148. The Morgan fingerprint density at radius 3 is 2.67 bits per heavy atom. The zero-order valence-electron chi connectivity index (χ0n) is 12.6. The molecule has 1 aromatic carbocycles. The van der Waals surface area contributed by atoms with Gasteiger partial charge in [0.1, 0.15) is 17.3 Å². The number of carbonyl (C=O) groups excluding carboxylic acids is 2. The van der Waals surface area contributed by atoms with Crippen molar-refractivity contribution >= 4 is 23.4 Å². The molecule has 1 saturated heterocycles. The van der Waals surface area contributed by atoms with Gasteiger partial charge in [0.05, 0.1) is 13.7 Å². The smallest absolute Gasteiger partial charge is 0.246 e. The Kier molecular flexibility index (Phi) is 4.14. The summed E-state index contributed by atoms with van der Waals surface area (Å²) in [6.45, 7) is 5.40. The van der Waals surface area contributed by atoms with Crippen molar-refractivity contribution in [3.05, 3.63) is 28.8 Å². The van der Waals surface area contributed by atoms with Gasteiger partial charge in [0.2, 0.25) is 11.8 Å². The van der Waals surface area contributed by atoms with Gasteiger partial charge in [-0.25, -0.2) is 0 Å². The zero-order valence-corrected chi connectivity index (χ0v) is 13.3. The van der Waals surface area contributed by atoms with Crippen molar-refractivity contribution in [1.82, 2.24) is 10.2 Å². The normalized spacial score (nSPS) is 21.2. The number of carbonyl (C=O) groups is 2. The Morgan fingerprint density at radius 1 is 1.38 bits per heavy atom. The lowest BCUT2D eigenvalue weighted by Gasteiger charge is -2.43. The molecule has 6 heteroatoms. The average Bonchev–Trinajstić information content (AvgIpc) is 2.42. The van der Waals surface area contributed by atoms with Crippen LogP contribution in [0.4, 0.5) is 0 Å². The first-order valence-corrected chi connectivity index (χ1v) is 7.10. The van der Waals surface area contributed by atoms with Gasteiger partial charge in [0.15, 0.2) is 0 Å². The number of methoxy groups -OCH3 is 1. The summed E-state index contributed by atoms with van der Waals surface area (Å²) in [4.78, 5) is 26.1. The largest absolute Gasteiger partial charge is 0.496 e. The number of amides is 2. The molecule has 0 aliphatic carbocycles. The molecule has 1 heterocycles. The molecule has 1 atom stereocenters. The molecular weight excluding hydrogens is 292 g/mol. The fourth-order valence-corrected chi connectivity index (χ4v) is 2.58. The van der Waals surface area contributed by atoms with Crippen molar-refractivity contribution in [3.63, 3.8) is 0 Å². The van der Waals surface area contributed by atoms with Crippen LogP contribution in [0.5, 0.6) is 5.75 Å². The molecule has 1 aliphatic rings. The summed E-state index contributed by atoms with van der Waals surface area (Å²) in [5, 5.41) is 3.25. The second-order valence-corrected chi connectivity index (χ2v) is 6.07. The van der Waals surface area contributed by atoms with Gasteiger partial charge in [-0.15, -0.1) is 0 Å². The maximum Gasteiger partial charge on any atom is 0.246 e. The molecule has 5 nitrogen and oxygen atoms in total. The van der Waals surface area contributed by atoms with Gasteiger partial charge in [0.25, 0.3) is 0 Å². The minimum absolute atomic E-state index is 0.123. The van der Waals surface area contributed by atoms with Gasteiger partial charge in [-0.05, 0) is 39.0 Å². The van der Waals surface area contributed by atoms with Crippen LogP contribution < -0.4 is 10.1 Å². The summed E-state index contributed by atoms with van der Waals surface area (Å²) in [6, 6.07) is 4.70. The van der Waals surface area contributed by atoms with Gasteiger partial charge < -0.3 is 15.0 Å². The van der Waals surface area contributed by atoms with E-state index in [0.717, 1.165) is 5.56 Å². The first-order chi connectivity index (χ1) is 9.77. The van der Waals surface area contributed by atoms with E-state index in [2.05, 4.69) is 5.32 Å². The highest BCUT2D eigenvalue weighted by Gasteiger charge is 2.44. The Bertz CT molecular complexity index is 586. The molecule has 114 valence electrons. The van der Waals surface area contributed by atoms with E-state index in [-0.39, 0.29) is 18.4 Å². The Morgan fingerprint density at radius 2 is 2.05 bits per heavy atom. The molecule has 1 aromatic rings. The molecule has 1 fully saturated rings. The number of halogens is 1. The van der Waals surface area contributed by atoms with E-state index < -0.39 is 11.6 Å². The van der Waals surface area contributed by atoms with Crippen molar-refractivity contribution in [2.75, 3.05) is 7.11 Å². The standard InChI is InChI=1S/C15H19ClN2O3/c1-9-13(19)18(15(2,3)14(20)17-9)8-10-7-11(16)5-6-12(10)21-4/h5-7,9H,8H2,1-4H3,(H,17,20). The first-order valence-electron chi connectivity index (χ1n) is 6.72. The molecule has 21 heavy (non-hydrogen) atoms. The van der Waals surface area contributed by atoms with Crippen LogP contribution in [0, 0.1) is 0 Å². The van der Waals surface area contributed by atoms with Crippen molar-refractivity contribution in [3.8, 4) is 5.75 Å². The second-order valence-electron chi connectivity index (χ2n) is 5.63. The third kappa shape index (κ3) is 2.83. The van der Waals surface area contributed by atoms with Crippen LogP contribution in [0.3, 0.4) is 0 Å². The molecule has 0 spiro atoms. The van der Waals surface area contributed by atoms with Crippen molar-refractivity contribution < 1.29 is 14.3 Å². The maximum absolute atomic E-state index is 12.4. The van der Waals surface area contributed by atoms with Crippen LogP contribution >= 0.6 is 11.6 Å². The zero-order chi connectivity index (χ0) is 15.8. The molecule has 0 radical (unpaired) electrons. The summed E-state index contributed by atoms with van der Waals surface area (Å²) in [7, 11) is 1.56. The highest BCUT2D eigenvalue weighted by molar-refractivity contribution is 6.30. The monoisotopic (exact) mass is 310 g/mol. The van der Waals surface area contributed by atoms with E-state index in [0.29, 0.717) is 10.8 Å². The highest BCUT2D eigenvalue weighted by Crippen LogP contribution is 2.29. The van der Waals surface area contributed by atoms with Crippen LogP contribution in [0.2, 0.25) is 5.02 Å². The summed E-state index contributed by atoms with van der Waals surface area (Å²) >= 11 is 6.02. The number of rotatable bonds is 3. The van der Waals surface area contributed by atoms with Gasteiger partial charge in [-0.3, -0.25) is 9.59 Å². The Hall–Kier alpha value is -1.75. The fourth-order valence-electron chi connectivity index (χ4n) is 2.38. The minimum Gasteiger partial charge on any atom is -0.496 e. The third-order valence-electron chi connectivity index (χ3n) is 3.79. The number of hydrogen-bond acceptors (Lipinski definition) is 3. The molecule has 2 amide bonds. The molecule has 1 aliphatic heterocycles. The van der Waals surface area contributed by atoms with Crippen LogP contribution in [0.25, 0.3) is 0 Å². The summed E-state index contributed by atoms with van der Waals surface area (Å²) in [5.74, 6) is 0.346. The lowest BCUT2D eigenvalue weighted by molar-refractivity contribution is -0.155. The molecule has 1 unspecified atom stereocenters. The van der Waals surface area contributed by atoms with E-state index in [1.807, 2.05) is 0 Å². The van der Waals surface area contributed by atoms with E-state index in [9.17, 15) is 9.59 Å². The number of piperazine rings is 1. The Balaban J connectivity index is 2.38. The minimum atomic E-state index is -0.920.